The first kappa shape index (κ1) is 10.9. The summed E-state index contributed by atoms with van der Waals surface area (Å²) in [6.45, 7) is 0. The lowest BCUT2D eigenvalue weighted by Gasteiger charge is -2.18. The van der Waals surface area contributed by atoms with Crippen LogP contribution in [0.25, 0.3) is 0 Å². The van der Waals surface area contributed by atoms with E-state index in [4.69, 9.17) is 0 Å². The van der Waals surface area contributed by atoms with Gasteiger partial charge in [0.2, 0.25) is 5.91 Å². The van der Waals surface area contributed by atoms with Gasteiger partial charge in [0.25, 0.3) is 0 Å². The lowest BCUT2D eigenvalue weighted by atomic mass is 10.2. The number of nitrogens with one attached hydrogen (secondary N) is 2. The van der Waals surface area contributed by atoms with Gasteiger partial charge in [0, 0.05) is 4.90 Å². The molecule has 5 heteroatoms. The molecule has 0 aliphatic carbocycles. The second-order valence-corrected chi connectivity index (χ2v) is 4.82. The minimum atomic E-state index is -0.000807. The van der Waals surface area contributed by atoms with Crippen LogP contribution in [0, 0.1) is 0 Å². The summed E-state index contributed by atoms with van der Waals surface area (Å²) in [5.41, 5.74) is 1.95. The van der Waals surface area contributed by atoms with Gasteiger partial charge >= 0.3 is 0 Å². The molecule has 1 aliphatic rings. The monoisotopic (exact) mass is 240 g/mol. The van der Waals surface area contributed by atoms with Crippen LogP contribution in [-0.2, 0) is 4.79 Å². The fourth-order valence-electron chi connectivity index (χ4n) is 1.44. The topological polar surface area (TPSA) is 41.1 Å². The maximum atomic E-state index is 11.2. The average molecular weight is 240 g/mol. The minimum Gasteiger partial charge on any atom is -0.324 e. The van der Waals surface area contributed by atoms with Crippen LogP contribution in [0.2, 0.25) is 0 Å². The van der Waals surface area contributed by atoms with Crippen molar-refractivity contribution >= 4 is 36.0 Å². The normalized spacial score (nSPS) is 16.8. The molecule has 1 aromatic rings. The number of carbonyl (C=O) groups excluding carboxylic acids is 1. The maximum Gasteiger partial charge on any atom is 0.234 e. The fraction of sp³-hybridized carbons (Fsp3) is 0.300. The second kappa shape index (κ2) is 4.47. The van der Waals surface area contributed by atoms with Crippen LogP contribution < -0.4 is 10.6 Å². The van der Waals surface area contributed by atoms with Crippen LogP contribution in [0.1, 0.15) is 10.9 Å². The quantitative estimate of drug-likeness (QED) is 0.546. The van der Waals surface area contributed by atoms with E-state index in [9.17, 15) is 4.79 Å². The summed E-state index contributed by atoms with van der Waals surface area (Å²) in [6, 6.07) is 6.01. The number of thiol groups is 1. The van der Waals surface area contributed by atoms with Crippen molar-refractivity contribution in [2.24, 2.45) is 0 Å². The first-order valence-corrected chi connectivity index (χ1v) is 6.13. The highest BCUT2D eigenvalue weighted by Crippen LogP contribution is 2.33. The summed E-state index contributed by atoms with van der Waals surface area (Å²) in [5, 5.41) is 5.90. The zero-order valence-corrected chi connectivity index (χ0v) is 9.99. The van der Waals surface area contributed by atoms with Crippen LogP contribution in [0.3, 0.4) is 0 Å². The first-order valence-electron chi connectivity index (χ1n) is 4.62. The van der Waals surface area contributed by atoms with Gasteiger partial charge in [-0.3, -0.25) is 4.79 Å². The van der Waals surface area contributed by atoms with Crippen LogP contribution in [0.4, 0.5) is 5.69 Å². The van der Waals surface area contributed by atoms with E-state index in [1.165, 1.54) is 0 Å². The molecule has 0 saturated carbocycles. The third kappa shape index (κ3) is 2.30. The van der Waals surface area contributed by atoms with Gasteiger partial charge in [-0.2, -0.15) is 12.6 Å². The molecule has 0 saturated heterocycles. The highest BCUT2D eigenvalue weighted by atomic mass is 32.2. The third-order valence-electron chi connectivity index (χ3n) is 2.23. The molecule has 2 rings (SSSR count). The molecule has 0 bridgehead atoms. The molecule has 80 valence electrons. The van der Waals surface area contributed by atoms with Crippen molar-refractivity contribution in [1.29, 1.82) is 0 Å². The average Bonchev–Trinajstić information content (AvgIpc) is 2.27. The minimum absolute atomic E-state index is 0.000807. The van der Waals surface area contributed by atoms with Crippen molar-refractivity contribution in [2.45, 2.75) is 10.3 Å². The Morgan fingerprint density at radius 1 is 1.60 bits per heavy atom. The smallest absolute Gasteiger partial charge is 0.234 e. The second-order valence-electron chi connectivity index (χ2n) is 3.28. The number of anilines is 1. The zero-order chi connectivity index (χ0) is 10.8. The van der Waals surface area contributed by atoms with Gasteiger partial charge in [0.15, 0.2) is 0 Å². The van der Waals surface area contributed by atoms with Gasteiger partial charge in [-0.15, -0.1) is 11.8 Å². The maximum absolute atomic E-state index is 11.2. The van der Waals surface area contributed by atoms with E-state index < -0.39 is 0 Å². The largest absolute Gasteiger partial charge is 0.324 e. The summed E-state index contributed by atoms with van der Waals surface area (Å²) < 4.78 is 0. The van der Waals surface area contributed by atoms with Gasteiger partial charge in [0.1, 0.15) is 0 Å². The lowest BCUT2D eigenvalue weighted by molar-refractivity contribution is -0.113. The van der Waals surface area contributed by atoms with E-state index in [2.05, 4.69) is 23.3 Å². The number of thioether (sulfide) groups is 1. The van der Waals surface area contributed by atoms with Gasteiger partial charge in [-0.25, -0.2) is 0 Å². The van der Waals surface area contributed by atoms with Crippen molar-refractivity contribution in [2.75, 3.05) is 18.1 Å². The Bertz CT molecular complexity index is 395. The number of hydrogen-bond donors (Lipinski definition) is 3. The summed E-state index contributed by atoms with van der Waals surface area (Å²) in [7, 11) is 1.85. The number of fused-ring (bicyclic) bond motifs is 1. The van der Waals surface area contributed by atoms with Crippen molar-refractivity contribution in [3.63, 3.8) is 0 Å². The first-order chi connectivity index (χ1) is 7.20. The van der Waals surface area contributed by atoms with Crippen molar-refractivity contribution in [3.05, 3.63) is 23.8 Å². The number of amides is 1. The molecule has 0 spiro atoms. The van der Waals surface area contributed by atoms with Crippen molar-refractivity contribution in [1.82, 2.24) is 5.32 Å². The number of carbonyl (C=O) groups is 1. The van der Waals surface area contributed by atoms with E-state index in [-0.39, 0.29) is 11.3 Å². The molecule has 15 heavy (non-hydrogen) atoms. The highest BCUT2D eigenvalue weighted by molar-refractivity contribution is 8.00. The van der Waals surface area contributed by atoms with Gasteiger partial charge in [0.05, 0.1) is 16.8 Å². The predicted molar refractivity (Wildman–Crippen MR) is 66.6 cm³/mol. The van der Waals surface area contributed by atoms with Crippen LogP contribution in [0.5, 0.6) is 0 Å². The molecule has 1 amide bonds. The fourth-order valence-corrected chi connectivity index (χ4v) is 2.39. The summed E-state index contributed by atoms with van der Waals surface area (Å²) in [5.74, 6) is 0.563. The molecule has 3 nitrogen and oxygen atoms in total. The number of hydrogen-bond acceptors (Lipinski definition) is 4. The molecule has 1 heterocycles. The Morgan fingerprint density at radius 2 is 2.40 bits per heavy atom. The van der Waals surface area contributed by atoms with E-state index >= 15 is 0 Å². The van der Waals surface area contributed by atoms with Crippen molar-refractivity contribution in [3.8, 4) is 0 Å². The van der Waals surface area contributed by atoms with Crippen LogP contribution in [0.15, 0.2) is 23.1 Å². The van der Waals surface area contributed by atoms with Gasteiger partial charge in [-0.05, 0) is 24.7 Å². The van der Waals surface area contributed by atoms with Crippen LogP contribution >= 0.6 is 24.4 Å². The van der Waals surface area contributed by atoms with E-state index in [1.54, 1.807) is 11.8 Å². The summed E-state index contributed by atoms with van der Waals surface area (Å²) in [6.07, 6.45) is 0. The van der Waals surface area contributed by atoms with E-state index in [1.807, 2.05) is 25.2 Å². The summed E-state index contributed by atoms with van der Waals surface area (Å²) in [4.78, 5) is 12.3. The Labute approximate surface area is 98.4 Å². The highest BCUT2D eigenvalue weighted by Gasteiger charge is 2.16. The molecule has 0 radical (unpaired) electrons. The van der Waals surface area contributed by atoms with Crippen LogP contribution in [-0.4, -0.2) is 18.7 Å². The molecular formula is C10H12N2OS2. The molecule has 0 fully saturated rings. The molecule has 1 unspecified atom stereocenters. The molecular weight excluding hydrogens is 228 g/mol. The van der Waals surface area contributed by atoms with Gasteiger partial charge < -0.3 is 10.6 Å². The molecule has 0 aromatic heterocycles. The Hall–Kier alpha value is -0.650. The lowest BCUT2D eigenvalue weighted by Crippen LogP contribution is -2.19. The van der Waals surface area contributed by atoms with Gasteiger partial charge in [-0.1, -0.05) is 6.07 Å². The predicted octanol–water partition coefficient (Wildman–Crippen LogP) is 1.88. The number of benzene rings is 1. The Balaban J connectivity index is 2.32. The van der Waals surface area contributed by atoms with E-state index in [0.717, 1.165) is 16.1 Å². The van der Waals surface area contributed by atoms with Crippen molar-refractivity contribution < 1.29 is 4.79 Å². The SMILES string of the molecule is CNC(S)c1ccc2c(c1)NC(=O)CS2. The molecule has 1 atom stereocenters. The standard InChI is InChI=1S/C10H12N2OS2/c1-11-10(14)6-2-3-8-7(4-6)12-9(13)5-15-8/h2-4,10-11,14H,5H2,1H3,(H,12,13). The molecule has 1 aliphatic heterocycles. The zero-order valence-electron chi connectivity index (χ0n) is 8.28. The Morgan fingerprint density at radius 3 is 3.13 bits per heavy atom. The number of rotatable bonds is 2. The Kier molecular flexibility index (Phi) is 3.23. The third-order valence-corrected chi connectivity index (χ3v) is 3.86. The molecule has 2 N–H and O–H groups in total. The summed E-state index contributed by atoms with van der Waals surface area (Å²) >= 11 is 5.95. The van der Waals surface area contributed by atoms with E-state index in [0.29, 0.717) is 5.75 Å². The molecule has 1 aromatic carbocycles.